The Morgan fingerprint density at radius 1 is 0.829 bits per heavy atom. The summed E-state index contributed by atoms with van der Waals surface area (Å²) in [5, 5.41) is 5.41. The molecule has 7 heteroatoms. The van der Waals surface area contributed by atoms with Gasteiger partial charge in [-0.05, 0) is 35.4 Å². The maximum absolute atomic E-state index is 12.6. The molecule has 0 bridgehead atoms. The van der Waals surface area contributed by atoms with Gasteiger partial charge >= 0.3 is 0 Å². The minimum atomic E-state index is -0.426. The van der Waals surface area contributed by atoms with E-state index in [-0.39, 0.29) is 18.2 Å². The summed E-state index contributed by atoms with van der Waals surface area (Å²) in [7, 11) is 0. The van der Waals surface area contributed by atoms with Crippen LogP contribution in [0.4, 0.5) is 11.4 Å². The Hall–Kier alpha value is -3.13. The molecule has 2 aliphatic heterocycles. The van der Waals surface area contributed by atoms with Crippen LogP contribution in [0.25, 0.3) is 0 Å². The fraction of sp³-hybridized carbons (Fsp3) is 0.286. The van der Waals surface area contributed by atoms with E-state index < -0.39 is 5.25 Å². The van der Waals surface area contributed by atoms with Crippen LogP contribution in [0.5, 0.6) is 0 Å². The number of piperazine rings is 1. The Labute approximate surface area is 210 Å². The topological polar surface area (TPSA) is 64.7 Å². The molecule has 0 spiro atoms. The number of hydrogen-bond acceptors (Lipinski definition) is 5. The number of anilines is 2. The average molecular weight is 487 g/mol. The smallest absolute Gasteiger partial charge is 0.238 e. The number of thioether (sulfide) groups is 1. The number of carbonyl (C=O) groups is 2. The summed E-state index contributed by atoms with van der Waals surface area (Å²) >= 11 is 1.44. The zero-order chi connectivity index (χ0) is 24.0. The minimum absolute atomic E-state index is 0.122. The van der Waals surface area contributed by atoms with Crippen LogP contribution in [0, 0.1) is 0 Å². The Bertz CT molecular complexity index is 1160. The van der Waals surface area contributed by atoms with Gasteiger partial charge in [0.15, 0.2) is 0 Å². The lowest BCUT2D eigenvalue weighted by Crippen LogP contribution is -2.45. The fourth-order valence-electron chi connectivity index (χ4n) is 4.51. The van der Waals surface area contributed by atoms with Gasteiger partial charge in [-0.1, -0.05) is 54.6 Å². The quantitative estimate of drug-likeness (QED) is 0.517. The highest BCUT2D eigenvalue weighted by molar-refractivity contribution is 8.01. The molecular weight excluding hydrogens is 456 g/mol. The normalized spacial score (nSPS) is 18.5. The van der Waals surface area contributed by atoms with E-state index in [0.717, 1.165) is 55.5 Å². The lowest BCUT2D eigenvalue weighted by molar-refractivity contribution is -0.120. The third-order valence-corrected chi connectivity index (χ3v) is 7.71. The third kappa shape index (κ3) is 6.31. The first-order chi connectivity index (χ1) is 17.1. The average Bonchev–Trinajstić information content (AvgIpc) is 2.87. The summed E-state index contributed by atoms with van der Waals surface area (Å²) in [6, 6.07) is 26.3. The molecule has 1 saturated heterocycles. The molecule has 2 N–H and O–H groups in total. The Kier molecular flexibility index (Phi) is 7.47. The maximum Gasteiger partial charge on any atom is 0.238 e. The molecule has 2 aliphatic rings. The molecule has 180 valence electrons. The number of rotatable bonds is 7. The molecule has 1 atom stereocenters. The molecule has 0 aliphatic carbocycles. The predicted octanol–water partition coefficient (Wildman–Crippen LogP) is 4.45. The molecule has 0 saturated carbocycles. The molecule has 1 fully saturated rings. The first-order valence-corrected chi connectivity index (χ1v) is 12.9. The van der Waals surface area contributed by atoms with Crippen molar-refractivity contribution in [2.45, 2.75) is 29.7 Å². The largest absolute Gasteiger partial charge is 0.326 e. The molecule has 35 heavy (non-hydrogen) atoms. The van der Waals surface area contributed by atoms with E-state index in [4.69, 9.17) is 0 Å². The van der Waals surface area contributed by atoms with E-state index in [1.54, 1.807) is 0 Å². The molecule has 0 aromatic heterocycles. The second-order valence-corrected chi connectivity index (χ2v) is 10.3. The van der Waals surface area contributed by atoms with Crippen molar-refractivity contribution in [3.05, 3.63) is 90.0 Å². The number of para-hydroxylation sites is 1. The summed E-state index contributed by atoms with van der Waals surface area (Å²) in [6.07, 6.45) is 0.139. The number of fused-ring (bicyclic) bond motifs is 1. The summed E-state index contributed by atoms with van der Waals surface area (Å²) in [5.74, 6) is -0.276. The summed E-state index contributed by atoms with van der Waals surface area (Å²) < 4.78 is 0. The SMILES string of the molecule is O=C(CC1Sc2ccccc2NC1=O)Nc1ccc(CN2CCN(Cc3ccccc3)CC2)cc1. The number of nitrogens with zero attached hydrogens (tertiary/aromatic N) is 2. The molecule has 2 heterocycles. The van der Waals surface area contributed by atoms with Crippen LogP contribution in [-0.4, -0.2) is 53.0 Å². The second kappa shape index (κ2) is 11.1. The fourth-order valence-corrected chi connectivity index (χ4v) is 5.62. The molecule has 1 unspecified atom stereocenters. The van der Waals surface area contributed by atoms with Crippen LogP contribution in [0.2, 0.25) is 0 Å². The van der Waals surface area contributed by atoms with Crippen molar-refractivity contribution in [3.63, 3.8) is 0 Å². The van der Waals surface area contributed by atoms with Gasteiger partial charge in [0.1, 0.15) is 0 Å². The third-order valence-electron chi connectivity index (χ3n) is 6.44. The summed E-state index contributed by atoms with van der Waals surface area (Å²) in [4.78, 5) is 30.9. The summed E-state index contributed by atoms with van der Waals surface area (Å²) in [6.45, 7) is 6.16. The Morgan fingerprint density at radius 3 is 2.11 bits per heavy atom. The minimum Gasteiger partial charge on any atom is -0.326 e. The van der Waals surface area contributed by atoms with Crippen molar-refractivity contribution >= 4 is 35.0 Å². The van der Waals surface area contributed by atoms with Gasteiger partial charge in [0, 0.05) is 56.3 Å². The van der Waals surface area contributed by atoms with E-state index in [9.17, 15) is 9.59 Å². The number of amides is 2. The molecule has 3 aromatic carbocycles. The number of benzene rings is 3. The van der Waals surface area contributed by atoms with Crippen LogP contribution < -0.4 is 10.6 Å². The van der Waals surface area contributed by atoms with E-state index in [2.05, 4.69) is 62.9 Å². The molecule has 3 aromatic rings. The van der Waals surface area contributed by atoms with Crippen LogP contribution in [0.3, 0.4) is 0 Å². The van der Waals surface area contributed by atoms with Crippen LogP contribution in [-0.2, 0) is 22.7 Å². The predicted molar refractivity (Wildman–Crippen MR) is 141 cm³/mol. The van der Waals surface area contributed by atoms with E-state index >= 15 is 0 Å². The Morgan fingerprint density at radius 2 is 1.43 bits per heavy atom. The first kappa shape index (κ1) is 23.6. The first-order valence-electron chi connectivity index (χ1n) is 12.1. The van der Waals surface area contributed by atoms with Gasteiger partial charge in [-0.3, -0.25) is 19.4 Å². The van der Waals surface area contributed by atoms with Gasteiger partial charge in [0.05, 0.1) is 10.9 Å². The molecular formula is C28H30N4O2S. The van der Waals surface area contributed by atoms with E-state index in [1.165, 1.54) is 22.9 Å². The summed E-state index contributed by atoms with van der Waals surface area (Å²) in [5.41, 5.74) is 4.17. The number of carbonyl (C=O) groups excluding carboxylic acids is 2. The van der Waals surface area contributed by atoms with E-state index in [1.807, 2.05) is 36.4 Å². The van der Waals surface area contributed by atoms with Crippen molar-refractivity contribution in [1.82, 2.24) is 9.80 Å². The van der Waals surface area contributed by atoms with Crippen molar-refractivity contribution in [2.24, 2.45) is 0 Å². The van der Waals surface area contributed by atoms with Gasteiger partial charge in [-0.15, -0.1) is 11.8 Å². The van der Waals surface area contributed by atoms with Crippen molar-refractivity contribution in [3.8, 4) is 0 Å². The van der Waals surface area contributed by atoms with Gasteiger partial charge in [0.25, 0.3) is 0 Å². The van der Waals surface area contributed by atoms with E-state index in [0.29, 0.717) is 0 Å². The molecule has 0 radical (unpaired) electrons. The molecule has 6 nitrogen and oxygen atoms in total. The van der Waals surface area contributed by atoms with Gasteiger partial charge < -0.3 is 10.6 Å². The van der Waals surface area contributed by atoms with Crippen LogP contribution >= 0.6 is 11.8 Å². The zero-order valence-electron chi connectivity index (χ0n) is 19.7. The monoisotopic (exact) mass is 486 g/mol. The zero-order valence-corrected chi connectivity index (χ0v) is 20.5. The highest BCUT2D eigenvalue weighted by Gasteiger charge is 2.28. The van der Waals surface area contributed by atoms with Gasteiger partial charge in [-0.2, -0.15) is 0 Å². The van der Waals surface area contributed by atoms with Crippen LogP contribution in [0.15, 0.2) is 83.8 Å². The number of hydrogen-bond donors (Lipinski definition) is 2. The van der Waals surface area contributed by atoms with Crippen molar-refractivity contribution in [2.75, 3.05) is 36.8 Å². The lowest BCUT2D eigenvalue weighted by Gasteiger charge is -2.34. The molecule has 2 amide bonds. The van der Waals surface area contributed by atoms with Crippen molar-refractivity contribution in [1.29, 1.82) is 0 Å². The van der Waals surface area contributed by atoms with Crippen molar-refractivity contribution < 1.29 is 9.59 Å². The number of nitrogens with one attached hydrogen (secondary N) is 2. The second-order valence-electron chi connectivity index (χ2n) is 9.08. The van der Waals surface area contributed by atoms with Gasteiger partial charge in [-0.25, -0.2) is 0 Å². The highest BCUT2D eigenvalue weighted by Crippen LogP contribution is 2.36. The highest BCUT2D eigenvalue weighted by atomic mass is 32.2. The lowest BCUT2D eigenvalue weighted by atomic mass is 10.1. The van der Waals surface area contributed by atoms with Crippen LogP contribution in [0.1, 0.15) is 17.5 Å². The standard InChI is InChI=1S/C28H30N4O2S/c33-27(18-26-28(34)30-24-8-4-5-9-25(24)35-26)29-23-12-10-22(11-13-23)20-32-16-14-31(15-17-32)19-21-6-2-1-3-7-21/h1-13,26H,14-20H2,(H,29,33)(H,30,34). The Balaban J connectivity index is 1.07. The molecule has 5 rings (SSSR count). The maximum atomic E-state index is 12.6. The van der Waals surface area contributed by atoms with Gasteiger partial charge in [0.2, 0.25) is 11.8 Å².